The van der Waals surface area contributed by atoms with Gasteiger partial charge in [0.1, 0.15) is 0 Å². The molecule has 0 saturated heterocycles. The number of anilines is 1. The molecule has 0 aliphatic carbocycles. The molecule has 0 radical (unpaired) electrons. The molecule has 14 heavy (non-hydrogen) atoms. The molecule has 2 nitrogen and oxygen atoms in total. The van der Waals surface area contributed by atoms with Crippen LogP contribution in [0.2, 0.25) is 0 Å². The topological polar surface area (TPSA) is 43.1 Å². The maximum Gasteiger partial charge on any atom is 1.00 e. The molecule has 0 aliphatic heterocycles. The van der Waals surface area contributed by atoms with Gasteiger partial charge in [0.25, 0.3) is 0 Å². The molecule has 0 spiro atoms. The quantitative estimate of drug-likeness (QED) is 0.436. The third-order valence-corrected chi connectivity index (χ3v) is 2.04. The molecule has 4 heteroatoms. The first kappa shape index (κ1) is 17.1. The summed E-state index contributed by atoms with van der Waals surface area (Å²) < 4.78 is 0.732. The van der Waals surface area contributed by atoms with E-state index in [4.69, 9.17) is 5.73 Å². The van der Waals surface area contributed by atoms with E-state index in [1.807, 2.05) is 13.8 Å². The fourth-order valence-corrected chi connectivity index (χ4v) is 1.23. The Balaban J connectivity index is 0. The van der Waals surface area contributed by atoms with E-state index in [9.17, 15) is 4.79 Å². The van der Waals surface area contributed by atoms with Crippen molar-refractivity contribution >= 4 is 27.9 Å². The van der Waals surface area contributed by atoms with Gasteiger partial charge in [-0.3, -0.25) is 18.1 Å². The van der Waals surface area contributed by atoms with Crippen molar-refractivity contribution in [2.75, 3.05) is 5.73 Å². The van der Waals surface area contributed by atoms with Gasteiger partial charge in [-0.1, -0.05) is 13.8 Å². The third-order valence-electron chi connectivity index (χ3n) is 1.33. The number of hydrogen-bond donors (Lipinski definition) is 1. The number of halogens is 1. The van der Waals surface area contributed by atoms with Gasteiger partial charge >= 0.3 is 51.4 Å². The van der Waals surface area contributed by atoms with E-state index in [-0.39, 0.29) is 51.4 Å². The van der Waals surface area contributed by atoms with Crippen LogP contribution < -0.4 is 57.1 Å². The monoisotopic (exact) mass is 280 g/mol. The van der Waals surface area contributed by atoms with Crippen molar-refractivity contribution in [3.05, 3.63) is 34.7 Å². The first-order chi connectivity index (χ1) is 6.15. The molecule has 0 fully saturated rings. The van der Waals surface area contributed by atoms with Crippen molar-refractivity contribution in [2.24, 2.45) is 0 Å². The summed E-state index contributed by atoms with van der Waals surface area (Å²) in [5.41, 5.74) is 7.02. The van der Waals surface area contributed by atoms with Crippen LogP contribution in [0, 0.1) is 6.92 Å². The van der Waals surface area contributed by atoms with Gasteiger partial charge in [0, 0.05) is 0 Å². The fourth-order valence-electron chi connectivity index (χ4n) is 0.749. The van der Waals surface area contributed by atoms with Crippen molar-refractivity contribution in [3.63, 3.8) is 0 Å². The number of carbonyl (C=O) groups excluding carboxylic acids is 1. The van der Waals surface area contributed by atoms with Gasteiger partial charge in [0.2, 0.25) is 0 Å². The Morgan fingerprint density at radius 2 is 1.93 bits per heavy atom. The Labute approximate surface area is 136 Å². The standard InChI is InChI=1S/C8H6BrNO.C2H6.K/c1-5-6(4-11)2-7(10)3-8(5)9;1-2;/h2-3H,1,10H2;1-2H3;/q-2;;+1. The van der Waals surface area contributed by atoms with Crippen LogP contribution in [0.25, 0.3) is 0 Å². The summed E-state index contributed by atoms with van der Waals surface area (Å²) in [5, 5.41) is 0. The van der Waals surface area contributed by atoms with Crippen molar-refractivity contribution in [3.8, 4) is 0 Å². The second-order valence-corrected chi connectivity index (χ2v) is 2.99. The molecule has 1 aromatic carbocycles. The van der Waals surface area contributed by atoms with Crippen LogP contribution >= 0.6 is 15.9 Å². The minimum absolute atomic E-state index is 0. The molecule has 0 aliphatic rings. The van der Waals surface area contributed by atoms with E-state index in [0.717, 1.165) is 4.47 Å². The van der Waals surface area contributed by atoms with Gasteiger partial charge in [-0.05, 0) is 12.0 Å². The summed E-state index contributed by atoms with van der Waals surface area (Å²) in [6.45, 7) is 7.67. The second-order valence-electron chi connectivity index (χ2n) is 2.13. The van der Waals surface area contributed by atoms with Crippen LogP contribution in [-0.2, 0) is 4.79 Å². The minimum Gasteiger partial charge on any atom is -0.410 e. The zero-order valence-corrected chi connectivity index (χ0v) is 13.4. The van der Waals surface area contributed by atoms with Gasteiger partial charge in [0.05, 0.1) is 0 Å². The van der Waals surface area contributed by atoms with Gasteiger partial charge < -0.3 is 10.5 Å². The predicted octanol–water partition coefficient (Wildman–Crippen LogP) is -0.299. The largest absolute Gasteiger partial charge is 1.00 e. The van der Waals surface area contributed by atoms with E-state index in [2.05, 4.69) is 22.9 Å². The SMILES string of the molecule is CC.[CH2-]c1c(Br)cc(N)cc1[C-]=O.[K+]. The van der Waals surface area contributed by atoms with E-state index >= 15 is 0 Å². The number of nitrogens with two attached hydrogens (primary N) is 1. The van der Waals surface area contributed by atoms with Crippen LogP contribution in [0.3, 0.4) is 0 Å². The minimum atomic E-state index is 0. The van der Waals surface area contributed by atoms with Crippen LogP contribution in [0.15, 0.2) is 16.6 Å². The average molecular weight is 281 g/mol. The molecule has 1 rings (SSSR count). The Morgan fingerprint density at radius 3 is 2.36 bits per heavy atom. The molecule has 0 atom stereocenters. The number of benzene rings is 1. The Kier molecular flexibility index (Phi) is 10.9. The summed E-state index contributed by atoms with van der Waals surface area (Å²) in [5.74, 6) is 0. The Morgan fingerprint density at radius 1 is 1.43 bits per heavy atom. The molecule has 1 aromatic rings. The predicted molar refractivity (Wildman–Crippen MR) is 59.2 cm³/mol. The third kappa shape index (κ3) is 4.95. The summed E-state index contributed by atoms with van der Waals surface area (Å²) in [7, 11) is 0. The van der Waals surface area contributed by atoms with Crippen molar-refractivity contribution in [2.45, 2.75) is 13.8 Å². The zero-order chi connectivity index (χ0) is 10.4. The molecule has 72 valence electrons. The van der Waals surface area contributed by atoms with Gasteiger partial charge in [-0.15, -0.1) is 26.5 Å². The van der Waals surface area contributed by atoms with Crippen molar-refractivity contribution in [1.82, 2.24) is 0 Å². The summed E-state index contributed by atoms with van der Waals surface area (Å²) >= 11 is 3.22. The first-order valence-corrected chi connectivity index (χ1v) is 4.73. The van der Waals surface area contributed by atoms with E-state index in [1.54, 1.807) is 18.4 Å². The van der Waals surface area contributed by atoms with Gasteiger partial charge in [0.15, 0.2) is 0 Å². The van der Waals surface area contributed by atoms with Crippen LogP contribution in [0.5, 0.6) is 0 Å². The summed E-state index contributed by atoms with van der Waals surface area (Å²) in [6.07, 6.45) is 1.75. The maximum absolute atomic E-state index is 10.3. The van der Waals surface area contributed by atoms with E-state index in [0.29, 0.717) is 16.8 Å². The van der Waals surface area contributed by atoms with Gasteiger partial charge in [-0.2, -0.15) is 6.07 Å². The Bertz CT molecular complexity index is 302. The van der Waals surface area contributed by atoms with Gasteiger partial charge in [-0.25, -0.2) is 0 Å². The fraction of sp³-hybridized carbons (Fsp3) is 0.200. The maximum atomic E-state index is 10.3. The molecule has 0 saturated carbocycles. The molecule has 0 heterocycles. The Hall–Kier alpha value is 0.676. The molecule has 0 aromatic heterocycles. The zero-order valence-electron chi connectivity index (χ0n) is 8.73. The number of rotatable bonds is 1. The summed E-state index contributed by atoms with van der Waals surface area (Å²) in [6, 6.07) is 3.24. The van der Waals surface area contributed by atoms with E-state index in [1.165, 1.54) is 0 Å². The smallest absolute Gasteiger partial charge is 0.410 e. The number of hydrogen-bond acceptors (Lipinski definition) is 2. The molecule has 0 bridgehead atoms. The normalized spacial score (nSPS) is 7.93. The van der Waals surface area contributed by atoms with Crippen molar-refractivity contribution < 1.29 is 56.2 Å². The molecular formula is C10H12BrKNO-. The van der Waals surface area contributed by atoms with Crippen LogP contribution in [0.1, 0.15) is 25.0 Å². The van der Waals surface area contributed by atoms with Crippen LogP contribution in [-0.4, -0.2) is 6.29 Å². The molecule has 0 unspecified atom stereocenters. The van der Waals surface area contributed by atoms with Crippen LogP contribution in [0.4, 0.5) is 5.69 Å². The van der Waals surface area contributed by atoms with Crippen molar-refractivity contribution in [1.29, 1.82) is 0 Å². The molecule has 2 N–H and O–H groups in total. The average Bonchev–Trinajstić information content (AvgIpc) is 2.14. The molecule has 0 amide bonds. The summed E-state index contributed by atoms with van der Waals surface area (Å²) in [4.78, 5) is 10.3. The van der Waals surface area contributed by atoms with E-state index < -0.39 is 0 Å². The second kappa shape index (κ2) is 8.94. The molecular weight excluding hydrogens is 269 g/mol. The first-order valence-electron chi connectivity index (χ1n) is 3.94. The number of nitrogen functional groups attached to an aromatic ring is 1.